The SMILES string of the molecule is CCCC(C)C(O)c1cc(Cl)c2c(c1)OCCCO2. The van der Waals surface area contributed by atoms with E-state index in [4.69, 9.17) is 21.1 Å². The number of hydrogen-bond acceptors (Lipinski definition) is 3. The predicted octanol–water partition coefficient (Wildman–Crippen LogP) is 3.97. The van der Waals surface area contributed by atoms with E-state index < -0.39 is 6.10 Å². The zero-order chi connectivity index (χ0) is 13.8. The summed E-state index contributed by atoms with van der Waals surface area (Å²) in [7, 11) is 0. The van der Waals surface area contributed by atoms with Crippen LogP contribution in [-0.4, -0.2) is 18.3 Å². The number of aliphatic hydroxyl groups is 1. The zero-order valence-electron chi connectivity index (χ0n) is 11.5. The molecule has 106 valence electrons. The minimum absolute atomic E-state index is 0.200. The molecule has 0 aliphatic carbocycles. The van der Waals surface area contributed by atoms with E-state index in [1.807, 2.05) is 13.0 Å². The predicted molar refractivity (Wildman–Crippen MR) is 76.1 cm³/mol. The fraction of sp³-hybridized carbons (Fsp3) is 0.600. The molecular weight excluding hydrogens is 264 g/mol. The van der Waals surface area contributed by atoms with Gasteiger partial charge in [-0.1, -0.05) is 31.9 Å². The molecule has 3 nitrogen and oxygen atoms in total. The molecule has 1 aromatic carbocycles. The molecule has 0 spiro atoms. The van der Waals surface area contributed by atoms with Crippen LogP contribution in [-0.2, 0) is 0 Å². The normalized spacial score (nSPS) is 17.7. The summed E-state index contributed by atoms with van der Waals surface area (Å²) in [5.41, 5.74) is 0.801. The lowest BCUT2D eigenvalue weighted by Crippen LogP contribution is -2.09. The average molecular weight is 285 g/mol. The maximum Gasteiger partial charge on any atom is 0.179 e. The maximum absolute atomic E-state index is 10.4. The van der Waals surface area contributed by atoms with Gasteiger partial charge >= 0.3 is 0 Å². The lowest BCUT2D eigenvalue weighted by atomic mass is 9.93. The van der Waals surface area contributed by atoms with E-state index >= 15 is 0 Å². The molecule has 0 saturated heterocycles. The Balaban J connectivity index is 2.27. The van der Waals surface area contributed by atoms with Crippen LogP contribution in [0.3, 0.4) is 0 Å². The van der Waals surface area contributed by atoms with Crippen LogP contribution in [0, 0.1) is 5.92 Å². The molecule has 19 heavy (non-hydrogen) atoms. The van der Waals surface area contributed by atoms with Crippen LogP contribution in [0.1, 0.15) is 44.8 Å². The summed E-state index contributed by atoms with van der Waals surface area (Å²) in [6.45, 7) is 5.39. The van der Waals surface area contributed by atoms with Crippen molar-refractivity contribution >= 4 is 11.6 Å². The van der Waals surface area contributed by atoms with Crippen molar-refractivity contribution in [1.29, 1.82) is 0 Å². The molecule has 1 aromatic rings. The van der Waals surface area contributed by atoms with Crippen molar-refractivity contribution in [3.63, 3.8) is 0 Å². The molecule has 0 amide bonds. The highest BCUT2D eigenvalue weighted by Gasteiger charge is 2.21. The van der Waals surface area contributed by atoms with Crippen LogP contribution < -0.4 is 9.47 Å². The summed E-state index contributed by atoms with van der Waals surface area (Å²) in [5.74, 6) is 1.44. The molecule has 2 rings (SSSR count). The minimum Gasteiger partial charge on any atom is -0.489 e. The first-order valence-corrected chi connectivity index (χ1v) is 7.28. The Labute approximate surface area is 119 Å². The van der Waals surface area contributed by atoms with Crippen LogP contribution in [0.25, 0.3) is 0 Å². The summed E-state index contributed by atoms with van der Waals surface area (Å²) >= 11 is 6.23. The number of hydrogen-bond donors (Lipinski definition) is 1. The lowest BCUT2D eigenvalue weighted by molar-refractivity contribution is 0.112. The molecule has 0 bridgehead atoms. The van der Waals surface area contributed by atoms with E-state index in [1.165, 1.54) is 0 Å². The third-order valence-electron chi connectivity index (χ3n) is 3.45. The molecule has 0 radical (unpaired) electrons. The first-order valence-electron chi connectivity index (χ1n) is 6.90. The molecule has 1 N–H and O–H groups in total. The fourth-order valence-electron chi connectivity index (χ4n) is 2.36. The van der Waals surface area contributed by atoms with Gasteiger partial charge in [0.05, 0.1) is 24.3 Å². The van der Waals surface area contributed by atoms with Crippen LogP contribution >= 0.6 is 11.6 Å². The van der Waals surface area contributed by atoms with E-state index in [1.54, 1.807) is 6.07 Å². The molecule has 0 aromatic heterocycles. The van der Waals surface area contributed by atoms with E-state index in [9.17, 15) is 5.11 Å². The third-order valence-corrected chi connectivity index (χ3v) is 3.73. The highest BCUT2D eigenvalue weighted by Crippen LogP contribution is 2.40. The average Bonchev–Trinajstić information content (AvgIpc) is 2.63. The molecular formula is C15H21ClO3. The van der Waals surface area contributed by atoms with Gasteiger partial charge in [-0.15, -0.1) is 0 Å². The second kappa shape index (κ2) is 6.49. The molecule has 0 fully saturated rings. The number of benzene rings is 1. The van der Waals surface area contributed by atoms with E-state index in [2.05, 4.69) is 6.92 Å². The Morgan fingerprint density at radius 1 is 1.32 bits per heavy atom. The minimum atomic E-state index is -0.519. The van der Waals surface area contributed by atoms with Crippen molar-refractivity contribution in [2.45, 2.75) is 39.2 Å². The highest BCUT2D eigenvalue weighted by atomic mass is 35.5. The molecule has 4 heteroatoms. The van der Waals surface area contributed by atoms with Crippen molar-refractivity contribution in [2.75, 3.05) is 13.2 Å². The number of aliphatic hydroxyl groups excluding tert-OH is 1. The summed E-state index contributed by atoms with van der Waals surface area (Å²) in [4.78, 5) is 0. The summed E-state index contributed by atoms with van der Waals surface area (Å²) in [5, 5.41) is 10.9. The number of ether oxygens (including phenoxy) is 2. The van der Waals surface area contributed by atoms with Crippen LogP contribution in [0.15, 0.2) is 12.1 Å². The maximum atomic E-state index is 10.4. The highest BCUT2D eigenvalue weighted by molar-refractivity contribution is 6.32. The fourth-order valence-corrected chi connectivity index (χ4v) is 2.64. The second-order valence-electron chi connectivity index (χ2n) is 5.09. The smallest absolute Gasteiger partial charge is 0.179 e. The molecule has 1 heterocycles. The quantitative estimate of drug-likeness (QED) is 0.909. The Morgan fingerprint density at radius 3 is 2.79 bits per heavy atom. The summed E-state index contributed by atoms with van der Waals surface area (Å²) in [6, 6.07) is 3.63. The molecule has 1 aliphatic rings. The number of fused-ring (bicyclic) bond motifs is 1. The lowest BCUT2D eigenvalue weighted by Gasteiger charge is -2.20. The van der Waals surface area contributed by atoms with Crippen LogP contribution in [0.2, 0.25) is 5.02 Å². The van der Waals surface area contributed by atoms with Crippen molar-refractivity contribution in [2.24, 2.45) is 5.92 Å². The standard InChI is InChI=1S/C15H21ClO3/c1-3-5-10(2)14(17)11-8-12(16)15-13(9-11)18-6-4-7-19-15/h8-10,14,17H,3-7H2,1-2H3. The Morgan fingerprint density at radius 2 is 2.05 bits per heavy atom. The largest absolute Gasteiger partial charge is 0.489 e. The second-order valence-corrected chi connectivity index (χ2v) is 5.50. The topological polar surface area (TPSA) is 38.7 Å². The molecule has 1 aliphatic heterocycles. The van der Waals surface area contributed by atoms with Gasteiger partial charge in [0.25, 0.3) is 0 Å². The van der Waals surface area contributed by atoms with E-state index in [0.29, 0.717) is 29.7 Å². The summed E-state index contributed by atoms with van der Waals surface area (Å²) in [6.07, 6.45) is 2.35. The van der Waals surface area contributed by atoms with Gasteiger partial charge in [-0.3, -0.25) is 0 Å². The Hall–Kier alpha value is -0.930. The summed E-state index contributed by atoms with van der Waals surface area (Å²) < 4.78 is 11.2. The van der Waals surface area contributed by atoms with Crippen LogP contribution in [0.4, 0.5) is 0 Å². The van der Waals surface area contributed by atoms with Gasteiger partial charge in [0.2, 0.25) is 0 Å². The zero-order valence-corrected chi connectivity index (χ0v) is 12.2. The Bertz CT molecular complexity index is 434. The van der Waals surface area contributed by atoms with Gasteiger partial charge in [0.15, 0.2) is 11.5 Å². The van der Waals surface area contributed by atoms with Gasteiger partial charge in [0.1, 0.15) is 0 Å². The first-order chi connectivity index (χ1) is 9.13. The van der Waals surface area contributed by atoms with E-state index in [0.717, 1.165) is 24.8 Å². The Kier molecular flexibility index (Phi) is 4.94. The number of halogens is 1. The van der Waals surface area contributed by atoms with Gasteiger partial charge in [-0.2, -0.15) is 0 Å². The van der Waals surface area contributed by atoms with Crippen molar-refractivity contribution in [1.82, 2.24) is 0 Å². The molecule has 2 atom stereocenters. The number of rotatable bonds is 4. The van der Waals surface area contributed by atoms with Crippen molar-refractivity contribution in [3.05, 3.63) is 22.7 Å². The van der Waals surface area contributed by atoms with Gasteiger partial charge < -0.3 is 14.6 Å². The third kappa shape index (κ3) is 3.34. The molecule has 2 unspecified atom stereocenters. The monoisotopic (exact) mass is 284 g/mol. The van der Waals surface area contributed by atoms with Gasteiger partial charge in [-0.25, -0.2) is 0 Å². The van der Waals surface area contributed by atoms with Crippen molar-refractivity contribution in [3.8, 4) is 11.5 Å². The van der Waals surface area contributed by atoms with Crippen LogP contribution in [0.5, 0.6) is 11.5 Å². The first kappa shape index (κ1) is 14.5. The van der Waals surface area contributed by atoms with Gasteiger partial charge in [0, 0.05) is 6.42 Å². The van der Waals surface area contributed by atoms with Crippen molar-refractivity contribution < 1.29 is 14.6 Å². The van der Waals surface area contributed by atoms with E-state index in [-0.39, 0.29) is 5.92 Å². The van der Waals surface area contributed by atoms with Gasteiger partial charge in [-0.05, 0) is 30.0 Å². The molecule has 0 saturated carbocycles.